The number of ether oxygens (including phenoxy) is 2. The Hall–Kier alpha value is -1.28. The molecule has 146 valence electrons. The van der Waals surface area contributed by atoms with Gasteiger partial charge in [-0.05, 0) is 32.6 Å². The fourth-order valence-electron chi connectivity index (χ4n) is 4.48. The van der Waals surface area contributed by atoms with Gasteiger partial charge in [-0.1, -0.05) is 25.5 Å². The van der Waals surface area contributed by atoms with Crippen LogP contribution in [-0.2, 0) is 19.1 Å². The van der Waals surface area contributed by atoms with Gasteiger partial charge in [0.05, 0.1) is 18.1 Å². The van der Waals surface area contributed by atoms with Crippen LogP contribution in [-0.4, -0.2) is 53.0 Å². The number of fused-ring (bicyclic) bond motifs is 1. The molecule has 0 spiro atoms. The van der Waals surface area contributed by atoms with Crippen LogP contribution < -0.4 is 11.1 Å². The van der Waals surface area contributed by atoms with Crippen LogP contribution in [0.4, 0.5) is 0 Å². The molecule has 0 saturated carbocycles. The number of carbonyl (C=O) groups is 2. The first kappa shape index (κ1) is 19.5. The molecule has 2 saturated heterocycles. The summed E-state index contributed by atoms with van der Waals surface area (Å²) in [6.07, 6.45) is 7.43. The van der Waals surface area contributed by atoms with Crippen LogP contribution in [0.3, 0.4) is 0 Å². The van der Waals surface area contributed by atoms with Crippen molar-refractivity contribution in [2.24, 2.45) is 11.7 Å². The van der Waals surface area contributed by atoms with Crippen molar-refractivity contribution in [1.29, 1.82) is 0 Å². The van der Waals surface area contributed by atoms with Crippen molar-refractivity contribution in [2.45, 2.75) is 75.3 Å². The van der Waals surface area contributed by atoms with Crippen LogP contribution in [0.1, 0.15) is 52.4 Å². The van der Waals surface area contributed by atoms with Gasteiger partial charge in [0.2, 0.25) is 5.91 Å². The minimum atomic E-state index is -1.56. The summed E-state index contributed by atoms with van der Waals surface area (Å²) in [4.78, 5) is 26.1. The van der Waals surface area contributed by atoms with Crippen LogP contribution >= 0.6 is 0 Å². The first-order valence-electron chi connectivity index (χ1n) is 9.57. The van der Waals surface area contributed by atoms with E-state index in [9.17, 15) is 14.7 Å². The van der Waals surface area contributed by atoms with E-state index in [1.165, 1.54) is 0 Å². The van der Waals surface area contributed by atoms with Crippen LogP contribution in [0.5, 0.6) is 0 Å². The molecular weight excluding hydrogens is 336 g/mol. The summed E-state index contributed by atoms with van der Waals surface area (Å²) in [5.41, 5.74) is 2.41. The number of aliphatic hydroxyl groups excluding tert-OH is 1. The topological polar surface area (TPSA) is 111 Å². The fourth-order valence-corrected chi connectivity index (χ4v) is 4.48. The lowest BCUT2D eigenvalue weighted by Crippen LogP contribution is -2.71. The van der Waals surface area contributed by atoms with E-state index in [2.05, 4.69) is 12.2 Å². The minimum Gasteiger partial charge on any atom is -0.393 e. The van der Waals surface area contributed by atoms with Crippen LogP contribution in [0, 0.1) is 5.92 Å². The molecule has 5 atom stereocenters. The SMILES string of the molecule is CCCCOC1C[C@H]2C(=O)N[C@](CO)(C(=O)[C@]3(N)C=CCCC3)[C@@]2(C)O1. The van der Waals surface area contributed by atoms with Crippen LogP contribution in [0.2, 0.25) is 0 Å². The number of rotatable bonds is 7. The average molecular weight is 366 g/mol. The van der Waals surface area contributed by atoms with E-state index in [1.54, 1.807) is 13.0 Å². The number of allylic oxidation sites excluding steroid dienone is 1. The highest BCUT2D eigenvalue weighted by Gasteiger charge is 2.71. The standard InChI is InChI=1S/C19H30N2O5/c1-3-4-10-25-14-11-13-15(23)21-19(12-22,17(13,2)26-14)16(24)18(20)8-6-5-7-9-18/h6,8,13-14,22H,3-5,7,9-12,20H2,1-2H3,(H,21,23)/t13-,14?,17-,18-,19+/m0/s1. The Bertz CT molecular complexity index is 609. The van der Waals surface area contributed by atoms with Gasteiger partial charge in [0.25, 0.3) is 0 Å². The molecule has 3 aliphatic rings. The summed E-state index contributed by atoms with van der Waals surface area (Å²) >= 11 is 0. The molecular formula is C19H30N2O5. The second-order valence-corrected chi connectivity index (χ2v) is 7.88. The van der Waals surface area contributed by atoms with Gasteiger partial charge in [-0.3, -0.25) is 9.59 Å². The van der Waals surface area contributed by atoms with Gasteiger partial charge in [0.1, 0.15) is 5.60 Å². The summed E-state index contributed by atoms with van der Waals surface area (Å²) in [7, 11) is 0. The van der Waals surface area contributed by atoms with E-state index in [0.717, 1.165) is 25.7 Å². The first-order valence-corrected chi connectivity index (χ1v) is 9.57. The van der Waals surface area contributed by atoms with Crippen molar-refractivity contribution < 1.29 is 24.2 Å². The molecule has 4 N–H and O–H groups in total. The van der Waals surface area contributed by atoms with Crippen molar-refractivity contribution in [3.05, 3.63) is 12.2 Å². The van der Waals surface area contributed by atoms with Crippen molar-refractivity contribution in [3.8, 4) is 0 Å². The second kappa shape index (κ2) is 7.03. The Morgan fingerprint density at radius 3 is 2.92 bits per heavy atom. The van der Waals surface area contributed by atoms with Gasteiger partial charge in [0, 0.05) is 13.0 Å². The van der Waals surface area contributed by atoms with E-state index in [0.29, 0.717) is 19.4 Å². The largest absolute Gasteiger partial charge is 0.393 e. The maximum absolute atomic E-state index is 13.5. The van der Waals surface area contributed by atoms with E-state index < -0.39 is 41.3 Å². The molecule has 7 heteroatoms. The van der Waals surface area contributed by atoms with Gasteiger partial charge in [-0.15, -0.1) is 0 Å². The lowest BCUT2D eigenvalue weighted by Gasteiger charge is -2.44. The Morgan fingerprint density at radius 1 is 1.54 bits per heavy atom. The van der Waals surface area contributed by atoms with E-state index >= 15 is 0 Å². The fraction of sp³-hybridized carbons (Fsp3) is 0.789. The van der Waals surface area contributed by atoms with Gasteiger partial charge in [0.15, 0.2) is 17.6 Å². The highest BCUT2D eigenvalue weighted by Crippen LogP contribution is 2.50. The molecule has 2 aliphatic heterocycles. The number of nitrogens with two attached hydrogens (primary N) is 1. The molecule has 0 bridgehead atoms. The number of hydrogen-bond acceptors (Lipinski definition) is 6. The molecule has 26 heavy (non-hydrogen) atoms. The molecule has 1 amide bonds. The third-order valence-corrected chi connectivity index (χ3v) is 6.20. The maximum Gasteiger partial charge on any atom is 0.227 e. The quantitative estimate of drug-likeness (QED) is 0.454. The first-order chi connectivity index (χ1) is 12.3. The van der Waals surface area contributed by atoms with Crippen molar-refractivity contribution >= 4 is 11.7 Å². The molecule has 0 aromatic carbocycles. The van der Waals surface area contributed by atoms with Gasteiger partial charge in [-0.2, -0.15) is 0 Å². The Balaban J connectivity index is 1.89. The molecule has 2 heterocycles. The number of aliphatic hydroxyl groups is 1. The number of nitrogens with one attached hydrogen (secondary N) is 1. The number of unbranched alkanes of at least 4 members (excludes halogenated alkanes) is 1. The third-order valence-electron chi connectivity index (χ3n) is 6.20. The summed E-state index contributed by atoms with van der Waals surface area (Å²) in [6.45, 7) is 3.76. The van der Waals surface area contributed by atoms with E-state index in [1.807, 2.05) is 6.08 Å². The molecule has 1 aliphatic carbocycles. The van der Waals surface area contributed by atoms with Crippen molar-refractivity contribution in [3.63, 3.8) is 0 Å². The Kier molecular flexibility index (Phi) is 5.27. The van der Waals surface area contributed by atoms with Crippen LogP contribution in [0.15, 0.2) is 12.2 Å². The third kappa shape index (κ3) is 2.81. The molecule has 7 nitrogen and oxygen atoms in total. The summed E-state index contributed by atoms with van der Waals surface area (Å²) < 4.78 is 11.8. The Morgan fingerprint density at radius 2 is 2.31 bits per heavy atom. The lowest BCUT2D eigenvalue weighted by atomic mass is 9.68. The second-order valence-electron chi connectivity index (χ2n) is 7.88. The molecule has 0 aromatic heterocycles. The lowest BCUT2D eigenvalue weighted by molar-refractivity contribution is -0.192. The summed E-state index contributed by atoms with van der Waals surface area (Å²) in [5, 5.41) is 13.0. The monoisotopic (exact) mass is 366 g/mol. The molecule has 0 radical (unpaired) electrons. The van der Waals surface area contributed by atoms with Gasteiger partial charge in [-0.25, -0.2) is 0 Å². The number of amides is 1. The minimum absolute atomic E-state index is 0.292. The normalized spacial score (nSPS) is 41.9. The summed E-state index contributed by atoms with van der Waals surface area (Å²) in [6, 6.07) is 0. The zero-order valence-electron chi connectivity index (χ0n) is 15.6. The highest BCUT2D eigenvalue weighted by molar-refractivity contribution is 6.05. The Labute approximate surface area is 154 Å². The molecule has 3 rings (SSSR count). The predicted molar refractivity (Wildman–Crippen MR) is 95.1 cm³/mol. The van der Waals surface area contributed by atoms with E-state index in [4.69, 9.17) is 15.2 Å². The highest BCUT2D eigenvalue weighted by atomic mass is 16.7. The van der Waals surface area contributed by atoms with Crippen LogP contribution in [0.25, 0.3) is 0 Å². The summed E-state index contributed by atoms with van der Waals surface area (Å²) in [5.74, 6) is -1.24. The predicted octanol–water partition coefficient (Wildman–Crippen LogP) is 0.792. The smallest absolute Gasteiger partial charge is 0.227 e. The number of Topliss-reactive ketones (excluding diaryl/α,β-unsaturated/α-hetero) is 1. The molecule has 1 unspecified atom stereocenters. The molecule has 2 fully saturated rings. The van der Waals surface area contributed by atoms with Crippen molar-refractivity contribution in [1.82, 2.24) is 5.32 Å². The van der Waals surface area contributed by atoms with Crippen molar-refractivity contribution in [2.75, 3.05) is 13.2 Å². The zero-order chi connectivity index (χ0) is 19.0. The number of hydrogen-bond donors (Lipinski definition) is 3. The number of ketones is 1. The average Bonchev–Trinajstić information content (AvgIpc) is 3.07. The molecule has 0 aromatic rings. The zero-order valence-corrected chi connectivity index (χ0v) is 15.6. The van der Waals surface area contributed by atoms with Gasteiger partial charge >= 0.3 is 0 Å². The van der Waals surface area contributed by atoms with E-state index in [-0.39, 0.29) is 5.91 Å². The maximum atomic E-state index is 13.5. The number of carbonyl (C=O) groups excluding carboxylic acids is 2. The van der Waals surface area contributed by atoms with Gasteiger partial charge < -0.3 is 25.6 Å².